The fourth-order valence-corrected chi connectivity index (χ4v) is 3.76. The van der Waals surface area contributed by atoms with Crippen molar-refractivity contribution in [3.8, 4) is 5.75 Å². The average molecular weight is 418 g/mol. The molecule has 4 aromatic rings. The molecule has 0 fully saturated rings. The van der Waals surface area contributed by atoms with Gasteiger partial charge in [-0.3, -0.25) is 14.3 Å². The minimum atomic E-state index is -0.502. The van der Waals surface area contributed by atoms with Crippen LogP contribution in [0.5, 0.6) is 5.75 Å². The lowest BCUT2D eigenvalue weighted by molar-refractivity contribution is -0.124. The lowest BCUT2D eigenvalue weighted by Gasteiger charge is -2.18. The molecule has 1 atom stereocenters. The zero-order valence-electron chi connectivity index (χ0n) is 18.0. The van der Waals surface area contributed by atoms with Gasteiger partial charge in [0.15, 0.2) is 5.65 Å². The highest BCUT2D eigenvalue weighted by Gasteiger charge is 2.22. The summed E-state index contributed by atoms with van der Waals surface area (Å²) in [6, 6.07) is 16.4. The lowest BCUT2D eigenvalue weighted by Crippen LogP contribution is -2.32. The Morgan fingerprint density at radius 2 is 1.90 bits per heavy atom. The van der Waals surface area contributed by atoms with Crippen LogP contribution in [0.1, 0.15) is 37.6 Å². The van der Waals surface area contributed by atoms with Gasteiger partial charge in [-0.15, -0.1) is 0 Å². The van der Waals surface area contributed by atoms with Crippen LogP contribution in [0.4, 0.5) is 0 Å². The summed E-state index contributed by atoms with van der Waals surface area (Å²) in [6.07, 6.45) is 0.960. The Labute approximate surface area is 180 Å². The summed E-state index contributed by atoms with van der Waals surface area (Å²) in [5, 5.41) is 3.85. The number of nitrogens with zero attached hydrogens (tertiary/aromatic N) is 3. The molecule has 0 saturated carbocycles. The molecule has 1 N–H and O–H groups in total. The molecule has 31 heavy (non-hydrogen) atoms. The Kier molecular flexibility index (Phi) is 5.75. The van der Waals surface area contributed by atoms with Crippen LogP contribution in [0, 0.1) is 6.92 Å². The first-order valence-electron chi connectivity index (χ1n) is 10.5. The van der Waals surface area contributed by atoms with Crippen molar-refractivity contribution in [2.45, 2.75) is 39.8 Å². The van der Waals surface area contributed by atoms with E-state index < -0.39 is 6.04 Å². The standard InChI is InChI=1S/C24H26N4O3/c1-4-13-31-19-11-9-18(10-12-19)15-25-24(30)17(3)28-21-8-6-5-7-20(21)23-26-22(29)14-16(2)27(23)28/h5-12,14,17H,4,13,15H2,1-3H3,(H,25,30)/t17-/m0/s1. The van der Waals surface area contributed by atoms with Gasteiger partial charge >= 0.3 is 0 Å². The van der Waals surface area contributed by atoms with E-state index in [1.54, 1.807) is 0 Å². The molecular formula is C24H26N4O3. The van der Waals surface area contributed by atoms with E-state index in [4.69, 9.17) is 4.74 Å². The van der Waals surface area contributed by atoms with Crippen molar-refractivity contribution in [1.82, 2.24) is 19.5 Å². The highest BCUT2D eigenvalue weighted by molar-refractivity contribution is 5.94. The number of rotatable bonds is 7. The van der Waals surface area contributed by atoms with Gasteiger partial charge in [0.1, 0.15) is 11.8 Å². The molecule has 0 unspecified atom stereocenters. The van der Waals surface area contributed by atoms with Crippen LogP contribution >= 0.6 is 0 Å². The number of amides is 1. The number of nitrogens with one attached hydrogen (secondary N) is 1. The number of carbonyl (C=O) groups is 1. The summed E-state index contributed by atoms with van der Waals surface area (Å²) in [5.41, 5.74) is 2.84. The topological polar surface area (TPSA) is 77.6 Å². The van der Waals surface area contributed by atoms with Gasteiger partial charge in [-0.05, 0) is 50.1 Å². The van der Waals surface area contributed by atoms with E-state index in [2.05, 4.69) is 17.2 Å². The Bertz CT molecular complexity index is 1290. The van der Waals surface area contributed by atoms with E-state index in [9.17, 15) is 9.59 Å². The molecule has 0 aliphatic rings. The number of carbonyl (C=O) groups excluding carboxylic acids is 1. The second-order valence-corrected chi connectivity index (χ2v) is 7.62. The molecule has 4 rings (SSSR count). The Hall–Kier alpha value is -3.61. The largest absolute Gasteiger partial charge is 0.494 e. The molecule has 0 spiro atoms. The average Bonchev–Trinajstić information content (AvgIpc) is 3.11. The second kappa shape index (κ2) is 8.63. The molecule has 2 heterocycles. The van der Waals surface area contributed by atoms with Crippen LogP contribution in [-0.2, 0) is 11.3 Å². The van der Waals surface area contributed by atoms with Gasteiger partial charge in [-0.1, -0.05) is 31.2 Å². The number of ether oxygens (including phenoxy) is 1. The van der Waals surface area contributed by atoms with Crippen molar-refractivity contribution >= 4 is 22.5 Å². The monoisotopic (exact) mass is 418 g/mol. The maximum atomic E-state index is 13.0. The van der Waals surface area contributed by atoms with Crippen molar-refractivity contribution in [1.29, 1.82) is 0 Å². The first-order valence-corrected chi connectivity index (χ1v) is 10.5. The van der Waals surface area contributed by atoms with Gasteiger partial charge in [-0.2, -0.15) is 4.98 Å². The van der Waals surface area contributed by atoms with Gasteiger partial charge < -0.3 is 10.1 Å². The van der Waals surface area contributed by atoms with Crippen LogP contribution in [0.25, 0.3) is 16.6 Å². The summed E-state index contributed by atoms with van der Waals surface area (Å²) >= 11 is 0. The minimum absolute atomic E-state index is 0.118. The molecule has 0 saturated heterocycles. The number of hydrogen-bond donors (Lipinski definition) is 1. The quantitative estimate of drug-likeness (QED) is 0.497. The summed E-state index contributed by atoms with van der Waals surface area (Å²) in [7, 11) is 0. The van der Waals surface area contributed by atoms with Crippen LogP contribution in [-0.4, -0.2) is 26.7 Å². The number of para-hydroxylation sites is 1. The highest BCUT2D eigenvalue weighted by atomic mass is 16.5. The summed E-state index contributed by atoms with van der Waals surface area (Å²) in [4.78, 5) is 29.2. The van der Waals surface area contributed by atoms with Crippen LogP contribution in [0.15, 0.2) is 59.4 Å². The van der Waals surface area contributed by atoms with Crippen molar-refractivity contribution in [2.24, 2.45) is 0 Å². The predicted molar refractivity (Wildman–Crippen MR) is 120 cm³/mol. The molecule has 2 aromatic heterocycles. The summed E-state index contributed by atoms with van der Waals surface area (Å²) in [6.45, 7) is 6.86. The van der Waals surface area contributed by atoms with Crippen molar-refractivity contribution in [3.05, 3.63) is 76.2 Å². The normalized spacial score (nSPS) is 12.2. The van der Waals surface area contributed by atoms with E-state index >= 15 is 0 Å². The van der Waals surface area contributed by atoms with Crippen molar-refractivity contribution in [3.63, 3.8) is 0 Å². The summed E-state index contributed by atoms with van der Waals surface area (Å²) < 4.78 is 9.34. The third-order valence-electron chi connectivity index (χ3n) is 5.30. The molecule has 0 radical (unpaired) electrons. The van der Waals surface area contributed by atoms with E-state index in [0.29, 0.717) is 18.8 Å². The Balaban J connectivity index is 1.59. The Morgan fingerprint density at radius 1 is 1.16 bits per heavy atom. The molecule has 0 bridgehead atoms. The van der Waals surface area contributed by atoms with Gasteiger partial charge in [-0.25, -0.2) is 4.52 Å². The molecule has 2 aromatic carbocycles. The number of fused-ring (bicyclic) bond motifs is 3. The van der Waals surface area contributed by atoms with E-state index in [1.165, 1.54) is 6.07 Å². The first kappa shape index (κ1) is 20.7. The zero-order chi connectivity index (χ0) is 22.0. The van der Waals surface area contributed by atoms with E-state index in [0.717, 1.165) is 34.3 Å². The number of aromatic nitrogens is 3. The minimum Gasteiger partial charge on any atom is -0.494 e. The molecule has 7 heteroatoms. The van der Waals surface area contributed by atoms with E-state index in [1.807, 2.05) is 71.6 Å². The van der Waals surface area contributed by atoms with Gasteiger partial charge in [0, 0.05) is 23.7 Å². The van der Waals surface area contributed by atoms with Crippen LogP contribution in [0.3, 0.4) is 0 Å². The highest BCUT2D eigenvalue weighted by Crippen LogP contribution is 2.25. The van der Waals surface area contributed by atoms with Gasteiger partial charge in [0.25, 0.3) is 5.56 Å². The third kappa shape index (κ3) is 4.03. The van der Waals surface area contributed by atoms with Gasteiger partial charge in [0.05, 0.1) is 12.1 Å². The Morgan fingerprint density at radius 3 is 2.65 bits per heavy atom. The SMILES string of the molecule is CCCOc1ccc(CNC(=O)[C@H](C)n2c3ccccc3c3nc(=O)cc(C)n32)cc1. The van der Waals surface area contributed by atoms with Crippen LogP contribution < -0.4 is 15.6 Å². The number of hydrogen-bond acceptors (Lipinski definition) is 4. The molecule has 0 aliphatic heterocycles. The molecule has 0 aliphatic carbocycles. The van der Waals surface area contributed by atoms with Crippen LogP contribution in [0.2, 0.25) is 0 Å². The lowest BCUT2D eigenvalue weighted by atomic mass is 10.2. The molecule has 7 nitrogen and oxygen atoms in total. The maximum Gasteiger partial charge on any atom is 0.273 e. The molecular weight excluding hydrogens is 392 g/mol. The van der Waals surface area contributed by atoms with Crippen molar-refractivity contribution in [2.75, 3.05) is 6.61 Å². The fourth-order valence-electron chi connectivity index (χ4n) is 3.76. The second-order valence-electron chi connectivity index (χ2n) is 7.62. The molecule has 1 amide bonds. The molecule has 160 valence electrons. The maximum absolute atomic E-state index is 13.0. The van der Waals surface area contributed by atoms with E-state index in [-0.39, 0.29) is 11.5 Å². The third-order valence-corrected chi connectivity index (χ3v) is 5.30. The van der Waals surface area contributed by atoms with Gasteiger partial charge in [0.2, 0.25) is 5.91 Å². The first-order chi connectivity index (χ1) is 15.0. The smallest absolute Gasteiger partial charge is 0.273 e. The number of benzene rings is 2. The van der Waals surface area contributed by atoms with Crippen molar-refractivity contribution < 1.29 is 9.53 Å². The number of aryl methyl sites for hydroxylation is 1. The zero-order valence-corrected chi connectivity index (χ0v) is 18.0. The summed E-state index contributed by atoms with van der Waals surface area (Å²) in [5.74, 6) is 0.708. The fraction of sp³-hybridized carbons (Fsp3) is 0.292. The predicted octanol–water partition coefficient (Wildman–Crippen LogP) is 3.62.